The zero-order valence-corrected chi connectivity index (χ0v) is 19.8. The van der Waals surface area contributed by atoms with E-state index in [1.807, 2.05) is 0 Å². The number of likely N-dealkylation sites (N-methyl/N-ethyl adjacent to an activating group) is 1. The molecule has 2 rings (SSSR count). The van der Waals surface area contributed by atoms with E-state index in [1.165, 1.54) is 5.56 Å². The summed E-state index contributed by atoms with van der Waals surface area (Å²) in [6.45, 7) is 12.6. The molecule has 1 aliphatic rings. The number of likely N-dealkylation sites (tertiary alicyclic amines) is 1. The second-order valence-electron chi connectivity index (χ2n) is 7.33. The topological polar surface area (TPSA) is 42.9 Å². The van der Waals surface area contributed by atoms with Crippen LogP contribution in [-0.2, 0) is 6.54 Å². The first kappa shape index (κ1) is 24.2. The van der Waals surface area contributed by atoms with Crippen LogP contribution in [-0.4, -0.2) is 67.6 Å². The van der Waals surface area contributed by atoms with Crippen LogP contribution < -0.4 is 10.6 Å². The predicted molar refractivity (Wildman–Crippen MR) is 127 cm³/mol. The molecular formula is C21H38IN5. The van der Waals surface area contributed by atoms with Gasteiger partial charge in [-0.2, -0.15) is 0 Å². The lowest BCUT2D eigenvalue weighted by Gasteiger charge is -2.38. The fourth-order valence-corrected chi connectivity index (χ4v) is 3.41. The Kier molecular flexibility index (Phi) is 11.9. The molecule has 2 unspecified atom stereocenters. The molecule has 1 heterocycles. The second kappa shape index (κ2) is 13.3. The summed E-state index contributed by atoms with van der Waals surface area (Å²) in [6.07, 6.45) is 2.32. The quantitative estimate of drug-likeness (QED) is 0.336. The molecule has 27 heavy (non-hydrogen) atoms. The van der Waals surface area contributed by atoms with Gasteiger partial charge in [0.25, 0.3) is 0 Å². The van der Waals surface area contributed by atoms with Crippen molar-refractivity contribution in [2.75, 3.05) is 39.8 Å². The molecule has 1 aromatic carbocycles. The molecule has 0 spiro atoms. The van der Waals surface area contributed by atoms with Gasteiger partial charge in [0.15, 0.2) is 5.96 Å². The van der Waals surface area contributed by atoms with Gasteiger partial charge in [0.2, 0.25) is 0 Å². The van der Waals surface area contributed by atoms with Crippen molar-refractivity contribution in [1.82, 2.24) is 20.4 Å². The number of guanidine groups is 1. The van der Waals surface area contributed by atoms with Gasteiger partial charge in [-0.25, -0.2) is 0 Å². The van der Waals surface area contributed by atoms with Crippen LogP contribution in [0.3, 0.4) is 0 Å². The van der Waals surface area contributed by atoms with Crippen molar-refractivity contribution in [2.45, 2.75) is 52.2 Å². The standard InChI is InChI=1S/C21H37N5.HI/c1-5-22-21(23-13-15-25(4)6-2)24-20-12-14-26(18(3)16-20)17-19-10-8-7-9-11-19;/h7-11,18,20H,5-6,12-17H2,1-4H3,(H2,22,23,24);1H. The minimum Gasteiger partial charge on any atom is -0.357 e. The van der Waals surface area contributed by atoms with E-state index in [1.54, 1.807) is 0 Å². The first-order valence-corrected chi connectivity index (χ1v) is 10.1. The number of nitrogens with zero attached hydrogens (tertiary/aromatic N) is 3. The monoisotopic (exact) mass is 487 g/mol. The van der Waals surface area contributed by atoms with E-state index in [4.69, 9.17) is 4.99 Å². The molecule has 0 aliphatic carbocycles. The number of piperidine rings is 1. The zero-order valence-electron chi connectivity index (χ0n) is 17.4. The highest BCUT2D eigenvalue weighted by atomic mass is 127. The summed E-state index contributed by atoms with van der Waals surface area (Å²) in [7, 11) is 2.14. The molecule has 0 bridgehead atoms. The van der Waals surface area contributed by atoms with Crippen molar-refractivity contribution < 1.29 is 0 Å². The Morgan fingerprint density at radius 3 is 2.63 bits per heavy atom. The molecule has 5 nitrogen and oxygen atoms in total. The van der Waals surface area contributed by atoms with Gasteiger partial charge >= 0.3 is 0 Å². The van der Waals surface area contributed by atoms with Crippen molar-refractivity contribution in [1.29, 1.82) is 0 Å². The SMILES string of the molecule is CCNC(=NCCN(C)CC)NC1CCN(Cc2ccccc2)C(C)C1.I. The zero-order chi connectivity index (χ0) is 18.8. The van der Waals surface area contributed by atoms with E-state index in [0.717, 1.165) is 58.1 Å². The summed E-state index contributed by atoms with van der Waals surface area (Å²) < 4.78 is 0. The van der Waals surface area contributed by atoms with Gasteiger partial charge in [-0.15, -0.1) is 24.0 Å². The van der Waals surface area contributed by atoms with E-state index >= 15 is 0 Å². The molecule has 0 saturated carbocycles. The van der Waals surface area contributed by atoms with Crippen molar-refractivity contribution in [2.24, 2.45) is 4.99 Å². The molecule has 6 heteroatoms. The van der Waals surface area contributed by atoms with Crippen LogP contribution >= 0.6 is 24.0 Å². The lowest BCUT2D eigenvalue weighted by atomic mass is 9.97. The van der Waals surface area contributed by atoms with Crippen LogP contribution in [0.4, 0.5) is 0 Å². The minimum atomic E-state index is 0. The molecule has 1 aromatic rings. The Morgan fingerprint density at radius 1 is 1.26 bits per heavy atom. The number of halogens is 1. The van der Waals surface area contributed by atoms with Gasteiger partial charge < -0.3 is 15.5 Å². The lowest BCUT2D eigenvalue weighted by Crippen LogP contribution is -2.51. The van der Waals surface area contributed by atoms with Crippen LogP contribution in [0.15, 0.2) is 35.3 Å². The third-order valence-electron chi connectivity index (χ3n) is 5.22. The Bertz CT molecular complexity index is 537. The number of rotatable bonds is 8. The summed E-state index contributed by atoms with van der Waals surface area (Å²) in [4.78, 5) is 9.63. The highest BCUT2D eigenvalue weighted by Crippen LogP contribution is 2.19. The average Bonchev–Trinajstić information content (AvgIpc) is 2.65. The van der Waals surface area contributed by atoms with Gasteiger partial charge in [0.05, 0.1) is 6.54 Å². The number of hydrogen-bond acceptors (Lipinski definition) is 3. The van der Waals surface area contributed by atoms with Gasteiger partial charge in [-0.1, -0.05) is 37.3 Å². The fraction of sp³-hybridized carbons (Fsp3) is 0.667. The van der Waals surface area contributed by atoms with E-state index in [-0.39, 0.29) is 24.0 Å². The smallest absolute Gasteiger partial charge is 0.191 e. The largest absolute Gasteiger partial charge is 0.357 e. The second-order valence-corrected chi connectivity index (χ2v) is 7.33. The van der Waals surface area contributed by atoms with E-state index in [2.05, 4.69) is 78.6 Å². The van der Waals surface area contributed by atoms with Crippen molar-refractivity contribution in [3.05, 3.63) is 35.9 Å². The molecule has 154 valence electrons. The van der Waals surface area contributed by atoms with E-state index in [9.17, 15) is 0 Å². The summed E-state index contributed by atoms with van der Waals surface area (Å²) in [5, 5.41) is 7.05. The molecule has 1 saturated heterocycles. The van der Waals surface area contributed by atoms with Gasteiger partial charge in [0, 0.05) is 38.3 Å². The summed E-state index contributed by atoms with van der Waals surface area (Å²) in [6, 6.07) is 11.9. The van der Waals surface area contributed by atoms with E-state index in [0.29, 0.717) is 12.1 Å². The van der Waals surface area contributed by atoms with Crippen molar-refractivity contribution in [3.63, 3.8) is 0 Å². The van der Waals surface area contributed by atoms with Crippen LogP contribution in [0, 0.1) is 0 Å². The molecule has 1 fully saturated rings. The Morgan fingerprint density at radius 2 is 2.00 bits per heavy atom. The first-order valence-electron chi connectivity index (χ1n) is 10.1. The lowest BCUT2D eigenvalue weighted by molar-refractivity contribution is 0.134. The van der Waals surface area contributed by atoms with Crippen LogP contribution in [0.2, 0.25) is 0 Å². The Balaban J connectivity index is 0.00000364. The average molecular weight is 487 g/mol. The Hall–Kier alpha value is -0.860. The highest BCUT2D eigenvalue weighted by Gasteiger charge is 2.25. The molecular weight excluding hydrogens is 449 g/mol. The van der Waals surface area contributed by atoms with Crippen LogP contribution in [0.25, 0.3) is 0 Å². The number of hydrogen-bond donors (Lipinski definition) is 2. The normalized spacial score (nSPS) is 21.0. The molecule has 0 radical (unpaired) electrons. The summed E-state index contributed by atoms with van der Waals surface area (Å²) in [5.41, 5.74) is 1.40. The highest BCUT2D eigenvalue weighted by molar-refractivity contribution is 14.0. The van der Waals surface area contributed by atoms with Crippen LogP contribution in [0.1, 0.15) is 39.2 Å². The van der Waals surface area contributed by atoms with Crippen molar-refractivity contribution in [3.8, 4) is 0 Å². The Labute approximate surface area is 183 Å². The minimum absolute atomic E-state index is 0. The molecule has 2 N–H and O–H groups in total. The summed E-state index contributed by atoms with van der Waals surface area (Å²) in [5.74, 6) is 0.964. The number of aliphatic imine (C=N–C) groups is 1. The van der Waals surface area contributed by atoms with Crippen molar-refractivity contribution >= 4 is 29.9 Å². The van der Waals surface area contributed by atoms with Gasteiger partial charge in [-0.05, 0) is 45.8 Å². The van der Waals surface area contributed by atoms with Crippen LogP contribution in [0.5, 0.6) is 0 Å². The molecule has 1 aliphatic heterocycles. The maximum absolute atomic E-state index is 4.75. The fourth-order valence-electron chi connectivity index (χ4n) is 3.41. The van der Waals surface area contributed by atoms with E-state index < -0.39 is 0 Å². The predicted octanol–water partition coefficient (Wildman–Crippen LogP) is 3.16. The molecule has 0 amide bonds. The molecule has 0 aromatic heterocycles. The maximum atomic E-state index is 4.75. The van der Waals surface area contributed by atoms with Gasteiger partial charge in [-0.3, -0.25) is 9.89 Å². The van der Waals surface area contributed by atoms with Gasteiger partial charge in [0.1, 0.15) is 0 Å². The third kappa shape index (κ3) is 8.79. The number of benzene rings is 1. The molecule has 2 atom stereocenters. The third-order valence-corrected chi connectivity index (χ3v) is 5.22. The summed E-state index contributed by atoms with van der Waals surface area (Å²) >= 11 is 0. The number of nitrogens with one attached hydrogen (secondary N) is 2. The maximum Gasteiger partial charge on any atom is 0.191 e. The first-order chi connectivity index (χ1) is 12.6.